The van der Waals surface area contributed by atoms with Crippen LogP contribution in [0.5, 0.6) is 0 Å². The van der Waals surface area contributed by atoms with Crippen LogP contribution in [-0.2, 0) is 11.2 Å². The number of primary amides is 1. The smallest absolute Gasteiger partial charge is 0.271 e. The van der Waals surface area contributed by atoms with Gasteiger partial charge in [-0.15, -0.1) is 0 Å². The third kappa shape index (κ3) is 6.03. The van der Waals surface area contributed by atoms with Gasteiger partial charge in [0.15, 0.2) is 0 Å². The van der Waals surface area contributed by atoms with E-state index in [2.05, 4.69) is 15.3 Å². The second kappa shape index (κ2) is 11.1. The van der Waals surface area contributed by atoms with Gasteiger partial charge in [0.1, 0.15) is 11.5 Å². The highest BCUT2D eigenvalue weighted by molar-refractivity contribution is 5.94. The molecule has 5 N–H and O–H groups in total. The van der Waals surface area contributed by atoms with Crippen molar-refractivity contribution in [3.05, 3.63) is 71.8 Å². The molecule has 8 nitrogen and oxygen atoms in total. The van der Waals surface area contributed by atoms with Crippen LogP contribution in [0.4, 0.5) is 4.39 Å². The van der Waals surface area contributed by atoms with E-state index in [4.69, 9.17) is 5.73 Å². The molecule has 0 saturated heterocycles. The minimum atomic E-state index is -1.30. The molecule has 3 unspecified atom stereocenters. The minimum Gasteiger partial charge on any atom is -0.391 e. The summed E-state index contributed by atoms with van der Waals surface area (Å²) in [6.45, 7) is 0. The number of carbonyl (C=O) groups is 2. The van der Waals surface area contributed by atoms with Gasteiger partial charge in [0.25, 0.3) is 5.91 Å². The van der Waals surface area contributed by atoms with E-state index in [1.807, 2.05) is 6.07 Å². The van der Waals surface area contributed by atoms with E-state index in [-0.39, 0.29) is 18.5 Å². The summed E-state index contributed by atoms with van der Waals surface area (Å²) in [5.74, 6) is -2.70. The van der Waals surface area contributed by atoms with E-state index in [9.17, 15) is 24.2 Å². The van der Waals surface area contributed by atoms with Gasteiger partial charge in [0.05, 0.1) is 40.9 Å². The standard InChI is InChI=1S/C27H31FN4O4/c28-18-8-6-7-17(13-18)14-22(24(33)15-19(25(29)34)27(36)11-4-1-5-12-27)32-26(35)23-16-30-20-9-2-3-10-21(20)31-23/h2-3,6-10,13,16,19,22,24,33,36H,1,4-5,11-12,14-15H2,(H2,29,34)(H,32,35). The van der Waals surface area contributed by atoms with Gasteiger partial charge in [0.2, 0.25) is 5.91 Å². The number of hydrogen-bond donors (Lipinski definition) is 4. The largest absolute Gasteiger partial charge is 0.391 e. The van der Waals surface area contributed by atoms with Crippen molar-refractivity contribution in [2.45, 2.75) is 62.7 Å². The van der Waals surface area contributed by atoms with Gasteiger partial charge < -0.3 is 21.3 Å². The monoisotopic (exact) mass is 494 g/mol. The maximum absolute atomic E-state index is 13.8. The Balaban J connectivity index is 1.58. The first-order valence-electron chi connectivity index (χ1n) is 12.2. The lowest BCUT2D eigenvalue weighted by molar-refractivity contribution is -0.137. The molecule has 1 aliphatic rings. The molecule has 2 aromatic carbocycles. The fourth-order valence-electron chi connectivity index (χ4n) is 5.03. The molecule has 1 saturated carbocycles. The zero-order valence-electron chi connectivity index (χ0n) is 19.9. The van der Waals surface area contributed by atoms with Crippen LogP contribution in [0.25, 0.3) is 11.0 Å². The van der Waals surface area contributed by atoms with Gasteiger partial charge in [-0.25, -0.2) is 9.37 Å². The van der Waals surface area contributed by atoms with Crippen molar-refractivity contribution >= 4 is 22.8 Å². The molecule has 0 aliphatic heterocycles. The number of amides is 2. The molecule has 190 valence electrons. The molecule has 1 fully saturated rings. The lowest BCUT2D eigenvalue weighted by atomic mass is 9.72. The number of rotatable bonds is 9. The van der Waals surface area contributed by atoms with Crippen LogP contribution in [-0.4, -0.2) is 49.7 Å². The number of aromatic nitrogens is 2. The number of aliphatic hydroxyl groups excluding tert-OH is 1. The molecular formula is C27H31FN4O4. The Bertz CT molecular complexity index is 1230. The molecule has 3 atom stereocenters. The molecule has 4 rings (SSSR count). The van der Waals surface area contributed by atoms with Crippen molar-refractivity contribution < 1.29 is 24.2 Å². The van der Waals surface area contributed by atoms with Crippen molar-refractivity contribution in [1.29, 1.82) is 0 Å². The molecule has 36 heavy (non-hydrogen) atoms. The van der Waals surface area contributed by atoms with Gasteiger partial charge in [-0.3, -0.25) is 14.6 Å². The fourth-order valence-corrected chi connectivity index (χ4v) is 5.03. The van der Waals surface area contributed by atoms with Crippen molar-refractivity contribution in [2.24, 2.45) is 11.7 Å². The normalized spacial score (nSPS) is 17.8. The number of halogens is 1. The lowest BCUT2D eigenvalue weighted by Gasteiger charge is -2.39. The predicted molar refractivity (Wildman–Crippen MR) is 132 cm³/mol. The molecule has 9 heteroatoms. The maximum atomic E-state index is 13.8. The van der Waals surface area contributed by atoms with Gasteiger partial charge in [-0.1, -0.05) is 43.5 Å². The zero-order chi connectivity index (χ0) is 25.7. The summed E-state index contributed by atoms with van der Waals surface area (Å²) in [5.41, 5.74) is 6.14. The van der Waals surface area contributed by atoms with Crippen molar-refractivity contribution in [1.82, 2.24) is 15.3 Å². The fraction of sp³-hybridized carbons (Fsp3) is 0.407. The topological polar surface area (TPSA) is 138 Å². The molecule has 0 radical (unpaired) electrons. The maximum Gasteiger partial charge on any atom is 0.271 e. The number of hydrogen-bond acceptors (Lipinski definition) is 6. The predicted octanol–water partition coefficient (Wildman–Crippen LogP) is 2.66. The van der Waals surface area contributed by atoms with E-state index in [1.54, 1.807) is 30.3 Å². The number of aliphatic hydroxyl groups is 2. The number of benzene rings is 2. The van der Waals surface area contributed by atoms with Crippen LogP contribution >= 0.6 is 0 Å². The summed E-state index contributed by atoms with van der Waals surface area (Å²) >= 11 is 0. The van der Waals surface area contributed by atoms with E-state index < -0.39 is 41.3 Å². The number of para-hydroxylation sites is 2. The second-order valence-electron chi connectivity index (χ2n) is 9.58. The van der Waals surface area contributed by atoms with Gasteiger partial charge in [0, 0.05) is 0 Å². The number of nitrogens with zero attached hydrogens (tertiary/aromatic N) is 2. The van der Waals surface area contributed by atoms with Crippen LogP contribution < -0.4 is 11.1 Å². The Morgan fingerprint density at radius 1 is 1.08 bits per heavy atom. The van der Waals surface area contributed by atoms with Crippen molar-refractivity contribution in [3.8, 4) is 0 Å². The SMILES string of the molecule is NC(=O)C(CC(O)C(Cc1cccc(F)c1)NC(=O)c1cnc2ccccc2n1)C1(O)CCCCC1. The molecule has 1 aromatic heterocycles. The van der Waals surface area contributed by atoms with Crippen LogP contribution in [0.1, 0.15) is 54.6 Å². The molecule has 3 aromatic rings. The Kier molecular flexibility index (Phi) is 7.91. The molecule has 0 spiro atoms. The summed E-state index contributed by atoms with van der Waals surface area (Å²) < 4.78 is 13.8. The summed E-state index contributed by atoms with van der Waals surface area (Å²) in [5, 5.41) is 25.1. The van der Waals surface area contributed by atoms with Crippen LogP contribution in [0, 0.1) is 11.7 Å². The molecular weight excluding hydrogens is 463 g/mol. The summed E-state index contributed by atoms with van der Waals surface area (Å²) in [6, 6.07) is 12.1. The quantitative estimate of drug-likeness (QED) is 0.361. The Labute approximate surface area is 208 Å². The third-order valence-corrected chi connectivity index (χ3v) is 7.00. The van der Waals surface area contributed by atoms with Crippen LogP contribution in [0.2, 0.25) is 0 Å². The van der Waals surface area contributed by atoms with Crippen LogP contribution in [0.3, 0.4) is 0 Å². The second-order valence-corrected chi connectivity index (χ2v) is 9.58. The number of carbonyl (C=O) groups excluding carboxylic acids is 2. The average Bonchev–Trinajstić information content (AvgIpc) is 2.86. The Morgan fingerprint density at radius 2 is 1.81 bits per heavy atom. The number of nitrogens with one attached hydrogen (secondary N) is 1. The summed E-state index contributed by atoms with van der Waals surface area (Å²) in [6.07, 6.45) is 3.38. The van der Waals surface area contributed by atoms with E-state index in [1.165, 1.54) is 18.3 Å². The minimum absolute atomic E-state index is 0.0579. The van der Waals surface area contributed by atoms with Crippen LogP contribution in [0.15, 0.2) is 54.7 Å². The molecule has 2 amide bonds. The zero-order valence-corrected chi connectivity index (χ0v) is 19.9. The number of nitrogens with two attached hydrogens (primary N) is 1. The molecule has 0 bridgehead atoms. The third-order valence-electron chi connectivity index (χ3n) is 7.00. The van der Waals surface area contributed by atoms with E-state index in [0.29, 0.717) is 29.4 Å². The summed E-state index contributed by atoms with van der Waals surface area (Å²) in [7, 11) is 0. The van der Waals surface area contributed by atoms with E-state index >= 15 is 0 Å². The average molecular weight is 495 g/mol. The summed E-state index contributed by atoms with van der Waals surface area (Å²) in [4.78, 5) is 34.0. The van der Waals surface area contributed by atoms with Gasteiger partial charge in [-0.2, -0.15) is 0 Å². The highest BCUT2D eigenvalue weighted by Gasteiger charge is 2.43. The van der Waals surface area contributed by atoms with Crippen molar-refractivity contribution in [3.63, 3.8) is 0 Å². The Morgan fingerprint density at radius 3 is 2.50 bits per heavy atom. The first-order chi connectivity index (χ1) is 17.2. The van der Waals surface area contributed by atoms with E-state index in [0.717, 1.165) is 19.3 Å². The highest BCUT2D eigenvalue weighted by Crippen LogP contribution is 2.37. The first kappa shape index (κ1) is 25.7. The molecule has 1 heterocycles. The Hall–Kier alpha value is -3.43. The van der Waals surface area contributed by atoms with Gasteiger partial charge in [-0.05, 0) is 55.5 Å². The highest BCUT2D eigenvalue weighted by atomic mass is 19.1. The lowest BCUT2D eigenvalue weighted by Crippen LogP contribution is -2.52. The van der Waals surface area contributed by atoms with Crippen molar-refractivity contribution in [2.75, 3.05) is 0 Å². The van der Waals surface area contributed by atoms with Gasteiger partial charge >= 0.3 is 0 Å². The number of fused-ring (bicyclic) bond motifs is 1. The molecule has 1 aliphatic carbocycles. The first-order valence-corrected chi connectivity index (χ1v) is 12.2.